The van der Waals surface area contributed by atoms with E-state index in [1.165, 1.54) is 0 Å². The van der Waals surface area contributed by atoms with Gasteiger partial charge in [0.25, 0.3) is 0 Å². The molecule has 31 heavy (non-hydrogen) atoms. The second-order valence-electron chi connectivity index (χ2n) is 7.32. The predicted molar refractivity (Wildman–Crippen MR) is 126 cm³/mol. The largest absolute Gasteiger partial charge is 0.497 e. The zero-order valence-corrected chi connectivity index (χ0v) is 18.0. The summed E-state index contributed by atoms with van der Waals surface area (Å²) in [6.45, 7) is 1.05. The number of methoxy groups -OCH3 is 1. The van der Waals surface area contributed by atoms with E-state index in [0.29, 0.717) is 24.5 Å². The second-order valence-corrected chi connectivity index (χ2v) is 7.76. The van der Waals surface area contributed by atoms with Gasteiger partial charge in [0.1, 0.15) is 5.75 Å². The van der Waals surface area contributed by atoms with Crippen molar-refractivity contribution in [2.75, 3.05) is 19.0 Å². The van der Waals surface area contributed by atoms with Crippen LogP contribution < -0.4 is 10.1 Å². The Morgan fingerprint density at radius 1 is 1.06 bits per heavy atom. The molecule has 1 heterocycles. The SMILES string of the molecule is COc1ccc2[nH]cc(CCN(Cc3ccc(Cl)cc3)C(=O)Nc3ccccc3)c2c1. The molecule has 0 aliphatic carbocycles. The average molecular weight is 434 g/mol. The number of hydrogen-bond donors (Lipinski definition) is 2. The number of H-pyrrole nitrogens is 1. The quantitative estimate of drug-likeness (QED) is 0.369. The Morgan fingerprint density at radius 2 is 1.84 bits per heavy atom. The van der Waals surface area contributed by atoms with Crippen LogP contribution in [0.15, 0.2) is 79.0 Å². The van der Waals surface area contributed by atoms with Crippen LogP contribution in [0.2, 0.25) is 5.02 Å². The van der Waals surface area contributed by atoms with Crippen LogP contribution in [-0.4, -0.2) is 29.6 Å². The molecule has 3 aromatic carbocycles. The molecule has 4 aromatic rings. The number of carbonyl (C=O) groups is 1. The van der Waals surface area contributed by atoms with Crippen molar-refractivity contribution >= 4 is 34.2 Å². The third-order valence-corrected chi connectivity index (χ3v) is 5.48. The van der Waals surface area contributed by atoms with Gasteiger partial charge in [0.15, 0.2) is 0 Å². The molecule has 2 amide bonds. The summed E-state index contributed by atoms with van der Waals surface area (Å²) in [4.78, 5) is 18.2. The maximum atomic E-state index is 13.1. The lowest BCUT2D eigenvalue weighted by Gasteiger charge is -2.23. The lowest BCUT2D eigenvalue weighted by molar-refractivity contribution is 0.210. The number of benzene rings is 3. The molecule has 0 fully saturated rings. The molecule has 1 aromatic heterocycles. The van der Waals surface area contributed by atoms with E-state index in [4.69, 9.17) is 16.3 Å². The summed E-state index contributed by atoms with van der Waals surface area (Å²) in [5, 5.41) is 4.78. The first-order chi connectivity index (χ1) is 15.1. The number of amides is 2. The standard InChI is InChI=1S/C25H24ClN3O2/c1-31-22-11-12-24-23(15-22)19(16-27-24)13-14-29(17-18-7-9-20(26)10-8-18)25(30)28-21-5-3-2-4-6-21/h2-12,15-16,27H,13-14,17H2,1H3,(H,28,30). The van der Waals surface area contributed by atoms with Crippen molar-refractivity contribution in [2.45, 2.75) is 13.0 Å². The van der Waals surface area contributed by atoms with Crippen LogP contribution in [0.5, 0.6) is 5.75 Å². The first-order valence-corrected chi connectivity index (χ1v) is 10.5. The maximum Gasteiger partial charge on any atom is 0.322 e. The van der Waals surface area contributed by atoms with E-state index in [1.54, 1.807) is 7.11 Å². The van der Waals surface area contributed by atoms with Crippen molar-refractivity contribution in [1.29, 1.82) is 0 Å². The molecule has 2 N–H and O–H groups in total. The number of urea groups is 1. The van der Waals surface area contributed by atoms with Gasteiger partial charge in [0.2, 0.25) is 0 Å². The number of anilines is 1. The molecule has 0 saturated heterocycles. The third kappa shape index (κ3) is 5.19. The lowest BCUT2D eigenvalue weighted by Crippen LogP contribution is -2.36. The summed E-state index contributed by atoms with van der Waals surface area (Å²) >= 11 is 6.02. The minimum absolute atomic E-state index is 0.140. The van der Waals surface area contributed by atoms with Crippen LogP contribution in [0.25, 0.3) is 10.9 Å². The first-order valence-electron chi connectivity index (χ1n) is 10.1. The summed E-state index contributed by atoms with van der Waals surface area (Å²) < 4.78 is 5.37. The predicted octanol–water partition coefficient (Wildman–Crippen LogP) is 6.11. The zero-order chi connectivity index (χ0) is 21.6. The van der Waals surface area contributed by atoms with Gasteiger partial charge in [-0.1, -0.05) is 41.9 Å². The molecule has 5 nitrogen and oxygen atoms in total. The zero-order valence-electron chi connectivity index (χ0n) is 17.3. The van der Waals surface area contributed by atoms with Crippen LogP contribution in [0.4, 0.5) is 10.5 Å². The highest BCUT2D eigenvalue weighted by Gasteiger charge is 2.16. The lowest BCUT2D eigenvalue weighted by atomic mass is 10.1. The Kier molecular flexibility index (Phi) is 6.43. The molecule has 0 aliphatic heterocycles. The molecule has 158 valence electrons. The number of nitrogens with zero attached hydrogens (tertiary/aromatic N) is 1. The fraction of sp³-hybridized carbons (Fsp3) is 0.160. The highest BCUT2D eigenvalue weighted by atomic mass is 35.5. The number of aromatic amines is 1. The Morgan fingerprint density at radius 3 is 2.58 bits per heavy atom. The fourth-order valence-electron chi connectivity index (χ4n) is 3.53. The third-order valence-electron chi connectivity index (χ3n) is 5.22. The van der Waals surface area contributed by atoms with Crippen LogP contribution in [0.1, 0.15) is 11.1 Å². The van der Waals surface area contributed by atoms with Crippen molar-refractivity contribution in [3.63, 3.8) is 0 Å². The average Bonchev–Trinajstić information content (AvgIpc) is 3.20. The highest BCUT2D eigenvalue weighted by molar-refractivity contribution is 6.30. The number of rotatable bonds is 7. The Labute approximate surface area is 186 Å². The van der Waals surface area contributed by atoms with Gasteiger partial charge >= 0.3 is 6.03 Å². The van der Waals surface area contributed by atoms with Crippen molar-refractivity contribution in [3.05, 3.63) is 95.1 Å². The van der Waals surface area contributed by atoms with Crippen molar-refractivity contribution in [3.8, 4) is 5.75 Å². The first kappa shape index (κ1) is 20.8. The summed E-state index contributed by atoms with van der Waals surface area (Å²) in [5.74, 6) is 0.813. The van der Waals surface area contributed by atoms with E-state index in [9.17, 15) is 4.79 Å². The van der Waals surface area contributed by atoms with Crippen molar-refractivity contribution in [1.82, 2.24) is 9.88 Å². The molecule has 4 rings (SSSR count). The molecule has 0 radical (unpaired) electrons. The highest BCUT2D eigenvalue weighted by Crippen LogP contribution is 2.24. The molecule has 0 aliphatic rings. The summed E-state index contributed by atoms with van der Waals surface area (Å²) in [6.07, 6.45) is 2.71. The fourth-order valence-corrected chi connectivity index (χ4v) is 3.66. The number of hydrogen-bond acceptors (Lipinski definition) is 2. The van der Waals surface area contributed by atoms with Gasteiger partial charge in [-0.3, -0.25) is 0 Å². The van der Waals surface area contributed by atoms with Gasteiger partial charge in [0, 0.05) is 40.9 Å². The van der Waals surface area contributed by atoms with Gasteiger partial charge < -0.3 is 19.9 Å². The number of aromatic nitrogens is 1. The molecule has 0 spiro atoms. The second kappa shape index (κ2) is 9.58. The van der Waals surface area contributed by atoms with Gasteiger partial charge in [-0.2, -0.15) is 0 Å². The number of carbonyl (C=O) groups excluding carboxylic acids is 1. The van der Waals surface area contributed by atoms with E-state index >= 15 is 0 Å². The van der Waals surface area contributed by atoms with Gasteiger partial charge in [-0.15, -0.1) is 0 Å². The Hall–Kier alpha value is -3.44. The van der Waals surface area contributed by atoms with E-state index < -0.39 is 0 Å². The molecule has 0 bridgehead atoms. The van der Waals surface area contributed by atoms with Crippen LogP contribution in [-0.2, 0) is 13.0 Å². The Balaban J connectivity index is 1.53. The molecule has 0 saturated carbocycles. The molecular formula is C25H24ClN3O2. The molecule has 0 unspecified atom stereocenters. The maximum absolute atomic E-state index is 13.1. The van der Waals surface area contributed by atoms with Crippen molar-refractivity contribution in [2.24, 2.45) is 0 Å². The monoisotopic (exact) mass is 433 g/mol. The van der Waals surface area contributed by atoms with Gasteiger partial charge in [0.05, 0.1) is 7.11 Å². The van der Waals surface area contributed by atoms with E-state index in [0.717, 1.165) is 33.5 Å². The number of para-hydroxylation sites is 1. The van der Waals surface area contributed by atoms with E-state index in [-0.39, 0.29) is 6.03 Å². The topological polar surface area (TPSA) is 57.4 Å². The number of halogens is 1. The summed E-state index contributed by atoms with van der Waals surface area (Å²) in [6, 6.07) is 22.9. The summed E-state index contributed by atoms with van der Waals surface area (Å²) in [7, 11) is 1.66. The van der Waals surface area contributed by atoms with E-state index in [2.05, 4.69) is 10.3 Å². The molecule has 0 atom stereocenters. The smallest absolute Gasteiger partial charge is 0.322 e. The number of ether oxygens (including phenoxy) is 1. The van der Waals surface area contributed by atoms with Crippen LogP contribution in [0, 0.1) is 0 Å². The van der Waals surface area contributed by atoms with Gasteiger partial charge in [-0.25, -0.2) is 4.79 Å². The van der Waals surface area contributed by atoms with Crippen LogP contribution in [0.3, 0.4) is 0 Å². The normalized spacial score (nSPS) is 10.8. The van der Waals surface area contributed by atoms with Gasteiger partial charge in [-0.05, 0) is 60.0 Å². The minimum atomic E-state index is -0.140. The van der Waals surface area contributed by atoms with Crippen molar-refractivity contribution < 1.29 is 9.53 Å². The summed E-state index contributed by atoms with van der Waals surface area (Å²) in [5.41, 5.74) is 3.98. The number of nitrogens with one attached hydrogen (secondary N) is 2. The minimum Gasteiger partial charge on any atom is -0.497 e. The number of fused-ring (bicyclic) bond motifs is 1. The van der Waals surface area contributed by atoms with Crippen LogP contribution >= 0.6 is 11.6 Å². The molecule has 6 heteroatoms. The Bertz CT molecular complexity index is 1160. The molecular weight excluding hydrogens is 410 g/mol. The van der Waals surface area contributed by atoms with E-state index in [1.807, 2.05) is 83.9 Å².